The molecule has 5 heteroatoms. The summed E-state index contributed by atoms with van der Waals surface area (Å²) >= 11 is 5.91. The summed E-state index contributed by atoms with van der Waals surface area (Å²) in [6.07, 6.45) is 0. The van der Waals surface area contributed by atoms with E-state index in [1.54, 1.807) is 18.2 Å². The van der Waals surface area contributed by atoms with Crippen molar-refractivity contribution in [3.05, 3.63) is 64.9 Å². The number of rotatable bonds is 5. The molecule has 2 aromatic rings. The van der Waals surface area contributed by atoms with Crippen molar-refractivity contribution in [1.29, 1.82) is 0 Å². The molecule has 0 aromatic heterocycles. The second-order valence-corrected chi connectivity index (χ2v) is 5.03. The van der Waals surface area contributed by atoms with Gasteiger partial charge in [-0.2, -0.15) is 0 Å². The van der Waals surface area contributed by atoms with Gasteiger partial charge in [-0.05, 0) is 36.8 Å². The maximum atomic E-state index is 13.0. The molecule has 0 aliphatic heterocycles. The molecule has 0 radical (unpaired) electrons. The Hall–Kier alpha value is -2.07. The van der Waals surface area contributed by atoms with E-state index < -0.39 is 5.82 Å². The molecule has 1 amide bonds. The Morgan fingerprint density at radius 2 is 2.05 bits per heavy atom. The number of amides is 1. The molecule has 0 fully saturated rings. The molecular weight excluding hydrogens is 293 g/mol. The molecule has 0 aliphatic carbocycles. The fraction of sp³-hybridized carbons (Fsp3) is 0.188. The third-order valence-electron chi connectivity index (χ3n) is 2.89. The monoisotopic (exact) mass is 307 g/mol. The number of halogens is 2. The van der Waals surface area contributed by atoms with Crippen LogP contribution in [-0.4, -0.2) is 12.5 Å². The smallest absolute Gasteiger partial charge is 0.258 e. The summed E-state index contributed by atoms with van der Waals surface area (Å²) in [5.41, 5.74) is 0.904. The van der Waals surface area contributed by atoms with Gasteiger partial charge in [-0.1, -0.05) is 29.8 Å². The van der Waals surface area contributed by atoms with Gasteiger partial charge in [0.25, 0.3) is 5.91 Å². The minimum atomic E-state index is -0.403. The molecular formula is C16H15ClFNO2. The first-order valence-corrected chi connectivity index (χ1v) is 6.85. The zero-order chi connectivity index (χ0) is 15.2. The molecule has 0 unspecified atom stereocenters. The van der Waals surface area contributed by atoms with Crippen molar-refractivity contribution < 1.29 is 13.9 Å². The predicted molar refractivity (Wildman–Crippen MR) is 79.9 cm³/mol. The van der Waals surface area contributed by atoms with Gasteiger partial charge in [0, 0.05) is 11.1 Å². The van der Waals surface area contributed by atoms with E-state index in [0.29, 0.717) is 10.8 Å². The van der Waals surface area contributed by atoms with Gasteiger partial charge in [0.2, 0.25) is 0 Å². The molecule has 0 aliphatic rings. The van der Waals surface area contributed by atoms with Crippen LogP contribution in [0.1, 0.15) is 18.5 Å². The van der Waals surface area contributed by atoms with E-state index in [1.807, 2.05) is 19.1 Å². The molecule has 0 bridgehead atoms. The number of hydrogen-bond donors (Lipinski definition) is 1. The van der Waals surface area contributed by atoms with Crippen LogP contribution in [0.25, 0.3) is 0 Å². The highest BCUT2D eigenvalue weighted by atomic mass is 35.5. The van der Waals surface area contributed by atoms with Crippen molar-refractivity contribution in [2.75, 3.05) is 6.61 Å². The molecule has 1 N–H and O–H groups in total. The van der Waals surface area contributed by atoms with Crippen LogP contribution in [-0.2, 0) is 4.79 Å². The topological polar surface area (TPSA) is 38.3 Å². The fourth-order valence-electron chi connectivity index (χ4n) is 1.85. The first-order valence-electron chi connectivity index (χ1n) is 6.48. The van der Waals surface area contributed by atoms with Crippen LogP contribution in [0.3, 0.4) is 0 Å². The first-order chi connectivity index (χ1) is 10.0. The van der Waals surface area contributed by atoms with Gasteiger partial charge in [-0.3, -0.25) is 4.79 Å². The maximum absolute atomic E-state index is 13.0. The third-order valence-corrected chi connectivity index (χ3v) is 3.13. The van der Waals surface area contributed by atoms with Crippen molar-refractivity contribution in [2.24, 2.45) is 0 Å². The molecule has 2 rings (SSSR count). The molecule has 0 saturated heterocycles. The second-order valence-electron chi connectivity index (χ2n) is 4.59. The van der Waals surface area contributed by atoms with E-state index in [9.17, 15) is 9.18 Å². The van der Waals surface area contributed by atoms with Crippen molar-refractivity contribution in [2.45, 2.75) is 13.0 Å². The van der Waals surface area contributed by atoms with E-state index in [2.05, 4.69) is 5.32 Å². The highest BCUT2D eigenvalue weighted by molar-refractivity contribution is 6.30. The molecule has 110 valence electrons. The van der Waals surface area contributed by atoms with Crippen LogP contribution in [0.15, 0.2) is 48.5 Å². The summed E-state index contributed by atoms with van der Waals surface area (Å²) in [7, 11) is 0. The normalized spacial score (nSPS) is 11.8. The quantitative estimate of drug-likeness (QED) is 0.914. The molecule has 0 spiro atoms. The van der Waals surface area contributed by atoms with Crippen molar-refractivity contribution in [1.82, 2.24) is 5.32 Å². The van der Waals surface area contributed by atoms with E-state index in [-0.39, 0.29) is 18.6 Å². The lowest BCUT2D eigenvalue weighted by Crippen LogP contribution is -2.31. The van der Waals surface area contributed by atoms with Crippen molar-refractivity contribution >= 4 is 17.5 Å². The Bertz CT molecular complexity index is 633. The summed E-state index contributed by atoms with van der Waals surface area (Å²) in [6.45, 7) is 1.68. The molecule has 0 saturated carbocycles. The van der Waals surface area contributed by atoms with Gasteiger partial charge in [-0.15, -0.1) is 0 Å². The lowest BCUT2D eigenvalue weighted by atomic mass is 10.1. The first kappa shape index (κ1) is 15.3. The Morgan fingerprint density at radius 1 is 1.29 bits per heavy atom. The van der Waals surface area contributed by atoms with Gasteiger partial charge in [0.05, 0.1) is 6.04 Å². The molecule has 0 heterocycles. The number of carbonyl (C=O) groups excluding carboxylic acids is 1. The fourth-order valence-corrected chi connectivity index (χ4v) is 2.05. The van der Waals surface area contributed by atoms with E-state index in [4.69, 9.17) is 16.3 Å². The predicted octanol–water partition coefficient (Wildman–Crippen LogP) is 3.74. The summed E-state index contributed by atoms with van der Waals surface area (Å²) in [5.74, 6) is -0.368. The van der Waals surface area contributed by atoms with E-state index in [0.717, 1.165) is 5.56 Å². The van der Waals surface area contributed by atoms with E-state index >= 15 is 0 Å². The summed E-state index contributed by atoms with van der Waals surface area (Å²) in [4.78, 5) is 11.8. The van der Waals surface area contributed by atoms with E-state index in [1.165, 1.54) is 18.2 Å². The number of nitrogens with one attached hydrogen (secondary N) is 1. The highest BCUT2D eigenvalue weighted by Gasteiger charge is 2.10. The second kappa shape index (κ2) is 7.09. The summed E-state index contributed by atoms with van der Waals surface area (Å²) in [6, 6.07) is 12.7. The highest BCUT2D eigenvalue weighted by Crippen LogP contribution is 2.17. The largest absolute Gasteiger partial charge is 0.484 e. The van der Waals surface area contributed by atoms with Gasteiger partial charge >= 0.3 is 0 Å². The zero-order valence-corrected chi connectivity index (χ0v) is 12.2. The van der Waals surface area contributed by atoms with Crippen LogP contribution in [0.2, 0.25) is 5.02 Å². The average molecular weight is 308 g/mol. The SMILES string of the molecule is C[C@H](NC(=O)COc1cccc(F)c1)c1cccc(Cl)c1. The zero-order valence-electron chi connectivity index (χ0n) is 11.5. The van der Waals surface area contributed by atoms with Crippen molar-refractivity contribution in [3.8, 4) is 5.75 Å². The molecule has 3 nitrogen and oxygen atoms in total. The number of ether oxygens (including phenoxy) is 1. The summed E-state index contributed by atoms with van der Waals surface area (Å²) in [5, 5.41) is 3.41. The number of hydrogen-bond acceptors (Lipinski definition) is 2. The van der Waals surface area contributed by atoms with Gasteiger partial charge in [0.15, 0.2) is 6.61 Å². The number of carbonyl (C=O) groups is 1. The van der Waals surface area contributed by atoms with Gasteiger partial charge in [-0.25, -0.2) is 4.39 Å². The lowest BCUT2D eigenvalue weighted by molar-refractivity contribution is -0.123. The molecule has 2 aromatic carbocycles. The Balaban J connectivity index is 1.87. The maximum Gasteiger partial charge on any atom is 0.258 e. The van der Waals surface area contributed by atoms with Gasteiger partial charge in [0.1, 0.15) is 11.6 Å². The number of benzene rings is 2. The van der Waals surface area contributed by atoms with Crippen LogP contribution in [0.4, 0.5) is 4.39 Å². The van der Waals surface area contributed by atoms with Crippen LogP contribution < -0.4 is 10.1 Å². The Kier molecular flexibility index (Phi) is 5.17. The Labute approximate surface area is 127 Å². The Morgan fingerprint density at radius 3 is 2.76 bits per heavy atom. The van der Waals surface area contributed by atoms with Crippen LogP contribution >= 0.6 is 11.6 Å². The molecule has 21 heavy (non-hydrogen) atoms. The van der Waals surface area contributed by atoms with Crippen molar-refractivity contribution in [3.63, 3.8) is 0 Å². The standard InChI is InChI=1S/C16H15ClFNO2/c1-11(12-4-2-5-13(17)8-12)19-16(20)10-21-15-7-3-6-14(18)9-15/h2-9,11H,10H2,1H3,(H,19,20)/t11-/m0/s1. The molecule has 1 atom stereocenters. The lowest BCUT2D eigenvalue weighted by Gasteiger charge is -2.15. The minimum Gasteiger partial charge on any atom is -0.484 e. The summed E-state index contributed by atoms with van der Waals surface area (Å²) < 4.78 is 18.2. The third kappa shape index (κ3) is 4.76. The minimum absolute atomic E-state index is 0.172. The van der Waals surface area contributed by atoms with Crippen LogP contribution in [0.5, 0.6) is 5.75 Å². The average Bonchev–Trinajstić information content (AvgIpc) is 2.45. The van der Waals surface area contributed by atoms with Gasteiger partial charge < -0.3 is 10.1 Å². The van der Waals surface area contributed by atoms with Crippen LogP contribution in [0, 0.1) is 5.82 Å².